The first kappa shape index (κ1) is 22.6. The van der Waals surface area contributed by atoms with E-state index in [9.17, 15) is 0 Å². The van der Waals surface area contributed by atoms with Crippen molar-refractivity contribution in [2.24, 2.45) is 0 Å². The van der Waals surface area contributed by atoms with Gasteiger partial charge in [-0.1, -0.05) is 66.7 Å². The first-order valence-electron chi connectivity index (χ1n) is 13.9. The molecule has 4 heterocycles. The molecule has 0 spiro atoms. The lowest BCUT2D eigenvalue weighted by Gasteiger charge is -2.09. The Kier molecular flexibility index (Phi) is 4.77. The van der Waals surface area contributed by atoms with Crippen LogP contribution in [0.15, 0.2) is 146 Å². The van der Waals surface area contributed by atoms with Gasteiger partial charge in [0.25, 0.3) is 5.65 Å². The fraction of sp³-hybridized carbons (Fsp3) is 0. The third-order valence-electron chi connectivity index (χ3n) is 8.21. The molecule has 0 atom stereocenters. The Morgan fingerprint density at radius 3 is 2.20 bits per heavy atom. The number of rotatable bonds is 3. The highest BCUT2D eigenvalue weighted by molar-refractivity contribution is 7.26. The summed E-state index contributed by atoms with van der Waals surface area (Å²) >= 11 is 1.90. The Balaban J connectivity index is 1.26. The van der Waals surface area contributed by atoms with Crippen LogP contribution in [-0.2, 0) is 0 Å². The first-order valence-corrected chi connectivity index (χ1v) is 14.7. The third-order valence-corrected chi connectivity index (χ3v) is 9.42. The Labute approximate surface area is 240 Å². The van der Waals surface area contributed by atoms with Crippen molar-refractivity contribution in [3.8, 4) is 22.6 Å². The van der Waals surface area contributed by atoms with Crippen molar-refractivity contribution in [2.75, 3.05) is 0 Å². The summed E-state index contributed by atoms with van der Waals surface area (Å²) in [5.74, 6) is 0. The Hall–Kier alpha value is -5.19. The van der Waals surface area contributed by atoms with Crippen LogP contribution >= 0.6 is 11.3 Å². The molecule has 3 nitrogen and oxygen atoms in total. The summed E-state index contributed by atoms with van der Waals surface area (Å²) in [4.78, 5) is 0. The molecule has 0 aliphatic carbocycles. The van der Waals surface area contributed by atoms with Crippen LogP contribution in [0, 0.1) is 0 Å². The van der Waals surface area contributed by atoms with E-state index in [1.807, 2.05) is 11.3 Å². The molecule has 0 radical (unpaired) electrons. The number of para-hydroxylation sites is 2. The molecule has 0 fully saturated rings. The Bertz CT molecular complexity index is 2410. The molecular weight excluding hydrogens is 518 g/mol. The summed E-state index contributed by atoms with van der Waals surface area (Å²) in [6.07, 6.45) is 4.33. The van der Waals surface area contributed by atoms with E-state index in [0.29, 0.717) is 0 Å². The van der Waals surface area contributed by atoms with E-state index >= 15 is 0 Å². The predicted octanol–water partition coefficient (Wildman–Crippen LogP) is 9.35. The van der Waals surface area contributed by atoms with Gasteiger partial charge in [0.15, 0.2) is 5.69 Å². The monoisotopic (exact) mass is 542 g/mol. The second-order valence-corrected chi connectivity index (χ2v) is 11.5. The maximum absolute atomic E-state index is 2.42. The van der Waals surface area contributed by atoms with E-state index in [-0.39, 0.29) is 0 Å². The van der Waals surface area contributed by atoms with Crippen molar-refractivity contribution < 1.29 is 4.57 Å². The van der Waals surface area contributed by atoms with Crippen LogP contribution in [0.1, 0.15) is 0 Å². The number of hydrogen-bond donors (Lipinski definition) is 0. The molecule has 4 aromatic heterocycles. The molecule has 9 rings (SSSR count). The van der Waals surface area contributed by atoms with E-state index in [0.717, 1.165) is 22.7 Å². The summed E-state index contributed by atoms with van der Waals surface area (Å²) in [6, 6.07) is 48.1. The zero-order valence-electron chi connectivity index (χ0n) is 22.1. The van der Waals surface area contributed by atoms with E-state index in [1.54, 1.807) is 0 Å². The molecule has 192 valence electrons. The lowest BCUT2D eigenvalue weighted by molar-refractivity contribution is -0.554. The number of benzene rings is 5. The Morgan fingerprint density at radius 1 is 0.561 bits per heavy atom. The van der Waals surface area contributed by atoms with Gasteiger partial charge in [-0.15, -0.1) is 11.3 Å². The molecule has 4 heteroatoms. The smallest absolute Gasteiger partial charge is 0.291 e. The van der Waals surface area contributed by atoms with Gasteiger partial charge in [0.2, 0.25) is 0 Å². The lowest BCUT2D eigenvalue weighted by Crippen LogP contribution is -2.31. The summed E-state index contributed by atoms with van der Waals surface area (Å²) in [6.45, 7) is 0. The van der Waals surface area contributed by atoms with E-state index in [1.165, 1.54) is 47.5 Å². The zero-order chi connectivity index (χ0) is 26.9. The van der Waals surface area contributed by atoms with E-state index in [4.69, 9.17) is 0 Å². The van der Waals surface area contributed by atoms with Gasteiger partial charge >= 0.3 is 0 Å². The largest absolute Gasteiger partial charge is 0.309 e. The summed E-state index contributed by atoms with van der Waals surface area (Å²) in [5, 5.41) is 5.30. The fourth-order valence-electron chi connectivity index (χ4n) is 6.40. The van der Waals surface area contributed by atoms with Gasteiger partial charge in [0.05, 0.1) is 17.2 Å². The molecule has 0 amide bonds. The van der Waals surface area contributed by atoms with Crippen LogP contribution in [0.5, 0.6) is 0 Å². The van der Waals surface area contributed by atoms with Crippen LogP contribution in [0.3, 0.4) is 0 Å². The fourth-order valence-corrected chi connectivity index (χ4v) is 7.66. The van der Waals surface area contributed by atoms with Gasteiger partial charge in [-0.3, -0.25) is 0 Å². The average Bonchev–Trinajstić information content (AvgIpc) is 3.71. The van der Waals surface area contributed by atoms with Gasteiger partial charge in [0, 0.05) is 48.3 Å². The molecule has 0 aliphatic heterocycles. The number of imidazole rings is 1. The van der Waals surface area contributed by atoms with Gasteiger partial charge in [0.1, 0.15) is 11.9 Å². The quantitative estimate of drug-likeness (QED) is 0.197. The van der Waals surface area contributed by atoms with Crippen LogP contribution < -0.4 is 4.57 Å². The highest BCUT2D eigenvalue weighted by Crippen LogP contribution is 2.43. The van der Waals surface area contributed by atoms with Gasteiger partial charge in [-0.2, -0.15) is 4.57 Å². The van der Waals surface area contributed by atoms with E-state index in [2.05, 4.69) is 159 Å². The van der Waals surface area contributed by atoms with Crippen LogP contribution in [0.25, 0.3) is 70.3 Å². The second-order valence-electron chi connectivity index (χ2n) is 10.5. The minimum atomic E-state index is 1.13. The maximum atomic E-state index is 2.42. The molecule has 0 N–H and O–H groups in total. The lowest BCUT2D eigenvalue weighted by atomic mass is 10.1. The molecule has 9 aromatic rings. The number of nitrogens with zero attached hydrogens (tertiary/aromatic N) is 3. The summed E-state index contributed by atoms with van der Waals surface area (Å²) in [7, 11) is 0. The molecule has 0 bridgehead atoms. The Morgan fingerprint density at radius 2 is 1.32 bits per heavy atom. The molecule has 0 saturated heterocycles. The molecule has 41 heavy (non-hydrogen) atoms. The van der Waals surface area contributed by atoms with Crippen LogP contribution in [-0.4, -0.2) is 8.97 Å². The molecule has 0 unspecified atom stereocenters. The number of aromatic nitrogens is 3. The van der Waals surface area contributed by atoms with Gasteiger partial charge in [-0.05, 0) is 60.7 Å². The molecule has 0 aliphatic rings. The number of thiophene rings is 1. The molecule has 5 aromatic carbocycles. The zero-order valence-corrected chi connectivity index (χ0v) is 22.9. The average molecular weight is 543 g/mol. The standard InChI is InChI=1S/C37H24N3S/c1-2-10-26(11-3-1)40-33(24-38-23-9-8-16-35(38)40)25-17-19-27(20-18-25)39-31-14-6-4-13-30(31)36-32(39)22-21-29-28-12-5-7-15-34(28)41-37(29)36/h1-24H/q+1. The van der Waals surface area contributed by atoms with Crippen molar-refractivity contribution in [1.82, 2.24) is 8.97 Å². The topological polar surface area (TPSA) is 13.2 Å². The minimum absolute atomic E-state index is 1.13. The highest BCUT2D eigenvalue weighted by Gasteiger charge is 2.21. The number of fused-ring (bicyclic) bond motifs is 8. The van der Waals surface area contributed by atoms with Crippen molar-refractivity contribution in [2.45, 2.75) is 0 Å². The molecular formula is C37H24N3S+. The van der Waals surface area contributed by atoms with Crippen molar-refractivity contribution >= 4 is 59.0 Å². The predicted molar refractivity (Wildman–Crippen MR) is 172 cm³/mol. The summed E-state index contributed by atoms with van der Waals surface area (Å²) < 4.78 is 9.63. The summed E-state index contributed by atoms with van der Waals surface area (Å²) in [5.41, 5.74) is 8.25. The first-order chi connectivity index (χ1) is 20.3. The van der Waals surface area contributed by atoms with Crippen molar-refractivity contribution in [1.29, 1.82) is 0 Å². The van der Waals surface area contributed by atoms with Crippen molar-refractivity contribution in [3.05, 3.63) is 146 Å². The maximum Gasteiger partial charge on any atom is 0.291 e. The van der Waals surface area contributed by atoms with Crippen LogP contribution in [0.4, 0.5) is 0 Å². The highest BCUT2D eigenvalue weighted by atomic mass is 32.1. The third kappa shape index (κ3) is 3.28. The van der Waals surface area contributed by atoms with Crippen LogP contribution in [0.2, 0.25) is 0 Å². The minimum Gasteiger partial charge on any atom is -0.309 e. The number of pyridine rings is 1. The van der Waals surface area contributed by atoms with Crippen molar-refractivity contribution in [3.63, 3.8) is 0 Å². The SMILES string of the molecule is c1ccc(-[n+]2c(-c3ccc(-n4c5ccccc5c5c6sc7ccccc7c6ccc54)cc3)cn3ccccc32)cc1. The van der Waals surface area contributed by atoms with E-state index < -0.39 is 0 Å². The van der Waals surface area contributed by atoms with Gasteiger partial charge < -0.3 is 4.57 Å². The van der Waals surface area contributed by atoms with Gasteiger partial charge in [-0.25, -0.2) is 4.40 Å². The number of hydrogen-bond acceptors (Lipinski definition) is 1. The molecule has 0 saturated carbocycles. The second kappa shape index (κ2) is 8.65. The normalized spacial score (nSPS) is 11.9.